The third-order valence-corrected chi connectivity index (χ3v) is 7.14. The number of hydrogen-bond donors (Lipinski definition) is 1. The molecular formula is C23H19Cl3N2O5S. The molecule has 3 aromatic carbocycles. The Labute approximate surface area is 212 Å². The predicted molar refractivity (Wildman–Crippen MR) is 133 cm³/mol. The summed E-state index contributed by atoms with van der Waals surface area (Å²) in [5.41, 5.74) is 0.509. The Morgan fingerprint density at radius 3 is 2.29 bits per heavy atom. The Morgan fingerprint density at radius 1 is 0.941 bits per heavy atom. The van der Waals surface area contributed by atoms with Crippen LogP contribution in [0.4, 0.5) is 11.4 Å². The Kier molecular flexibility index (Phi) is 8.43. The minimum Gasteiger partial charge on any atom is -0.462 e. The highest BCUT2D eigenvalue weighted by atomic mass is 35.5. The maximum absolute atomic E-state index is 13.4. The number of anilines is 2. The first kappa shape index (κ1) is 25.8. The first-order chi connectivity index (χ1) is 16.1. The van der Waals surface area contributed by atoms with Crippen LogP contribution in [0.25, 0.3) is 0 Å². The summed E-state index contributed by atoms with van der Waals surface area (Å²) >= 11 is 18.0. The van der Waals surface area contributed by atoms with E-state index in [1.165, 1.54) is 54.6 Å². The quantitative estimate of drug-likeness (QED) is 0.372. The molecule has 0 aromatic heterocycles. The van der Waals surface area contributed by atoms with Crippen molar-refractivity contribution >= 4 is 68.1 Å². The Bertz CT molecular complexity index is 1310. The van der Waals surface area contributed by atoms with Crippen molar-refractivity contribution in [2.45, 2.75) is 11.8 Å². The van der Waals surface area contributed by atoms with Gasteiger partial charge in [0.1, 0.15) is 6.54 Å². The van der Waals surface area contributed by atoms with Gasteiger partial charge in [0.2, 0.25) is 5.91 Å². The van der Waals surface area contributed by atoms with E-state index in [0.717, 1.165) is 4.31 Å². The maximum atomic E-state index is 13.4. The number of nitrogens with one attached hydrogen (secondary N) is 1. The molecule has 0 fully saturated rings. The molecule has 0 atom stereocenters. The largest absolute Gasteiger partial charge is 0.462 e. The molecule has 0 saturated carbocycles. The van der Waals surface area contributed by atoms with Crippen LogP contribution in [0.15, 0.2) is 71.6 Å². The summed E-state index contributed by atoms with van der Waals surface area (Å²) in [7, 11) is -4.15. The highest BCUT2D eigenvalue weighted by molar-refractivity contribution is 7.92. The number of amides is 1. The van der Waals surface area contributed by atoms with Crippen LogP contribution in [0.5, 0.6) is 0 Å². The number of benzene rings is 3. The molecule has 34 heavy (non-hydrogen) atoms. The van der Waals surface area contributed by atoms with Gasteiger partial charge in [-0.15, -0.1) is 0 Å². The lowest BCUT2D eigenvalue weighted by Crippen LogP contribution is -2.38. The van der Waals surface area contributed by atoms with Gasteiger partial charge < -0.3 is 10.1 Å². The Morgan fingerprint density at radius 2 is 1.65 bits per heavy atom. The number of sulfonamides is 1. The van der Waals surface area contributed by atoms with Crippen LogP contribution >= 0.6 is 34.8 Å². The summed E-state index contributed by atoms with van der Waals surface area (Å²) in [6.07, 6.45) is 0. The summed E-state index contributed by atoms with van der Waals surface area (Å²) in [5, 5.41) is 3.41. The molecule has 3 aromatic rings. The standard InChI is InChI=1S/C23H19Cl3N2O5S/c1-2-33-23(30)20-13-17(8-11-21(20)26)27-22(29)14-28(18-5-3-4-16(25)12-18)34(31,32)19-9-6-15(24)7-10-19/h3-13H,2,14H2,1H3,(H,27,29). The number of ether oxygens (including phenoxy) is 1. The zero-order chi connectivity index (χ0) is 24.9. The van der Waals surface area contributed by atoms with Gasteiger partial charge >= 0.3 is 5.97 Å². The lowest BCUT2D eigenvalue weighted by atomic mass is 10.2. The summed E-state index contributed by atoms with van der Waals surface area (Å²) in [6, 6.07) is 16.0. The third-order valence-electron chi connectivity index (χ3n) is 4.53. The molecule has 0 heterocycles. The molecule has 1 amide bonds. The van der Waals surface area contributed by atoms with Gasteiger partial charge in [-0.3, -0.25) is 9.10 Å². The molecule has 0 saturated heterocycles. The van der Waals surface area contributed by atoms with Crippen LogP contribution < -0.4 is 9.62 Å². The van der Waals surface area contributed by atoms with E-state index in [1.807, 2.05) is 0 Å². The van der Waals surface area contributed by atoms with Crippen LogP contribution in [-0.2, 0) is 19.6 Å². The summed E-state index contributed by atoms with van der Waals surface area (Å²) in [5.74, 6) is -1.30. The van der Waals surface area contributed by atoms with Crippen LogP contribution in [-0.4, -0.2) is 33.4 Å². The fourth-order valence-electron chi connectivity index (χ4n) is 2.98. The van der Waals surface area contributed by atoms with Gasteiger partial charge in [0.25, 0.3) is 10.0 Å². The molecule has 1 N–H and O–H groups in total. The first-order valence-electron chi connectivity index (χ1n) is 9.92. The number of nitrogens with zero attached hydrogens (tertiary/aromatic N) is 1. The highest BCUT2D eigenvalue weighted by Crippen LogP contribution is 2.27. The van der Waals surface area contributed by atoms with Gasteiger partial charge in [0.05, 0.1) is 27.8 Å². The van der Waals surface area contributed by atoms with Gasteiger partial charge in [-0.2, -0.15) is 0 Å². The number of halogens is 3. The number of carbonyl (C=O) groups excluding carboxylic acids is 2. The molecular weight excluding hydrogens is 523 g/mol. The fraction of sp³-hybridized carbons (Fsp3) is 0.130. The van der Waals surface area contributed by atoms with Crippen LogP contribution in [0.2, 0.25) is 15.1 Å². The molecule has 0 bridgehead atoms. The molecule has 11 heteroatoms. The van der Waals surface area contributed by atoms with Gasteiger partial charge in [-0.05, 0) is 67.6 Å². The molecule has 0 radical (unpaired) electrons. The molecule has 3 rings (SSSR count). The molecule has 0 aliphatic carbocycles. The van der Waals surface area contributed by atoms with E-state index >= 15 is 0 Å². The van der Waals surface area contributed by atoms with Gasteiger partial charge in [0, 0.05) is 15.7 Å². The molecule has 0 unspecified atom stereocenters. The molecule has 0 spiro atoms. The normalized spacial score (nSPS) is 11.1. The second-order valence-corrected chi connectivity index (χ2v) is 10.1. The monoisotopic (exact) mass is 540 g/mol. The number of carbonyl (C=O) groups is 2. The minimum atomic E-state index is -4.15. The van der Waals surface area contributed by atoms with Crippen molar-refractivity contribution in [3.63, 3.8) is 0 Å². The number of rotatable bonds is 8. The Balaban J connectivity index is 1.91. The van der Waals surface area contributed by atoms with E-state index < -0.39 is 28.4 Å². The van der Waals surface area contributed by atoms with Crippen LogP contribution in [0.1, 0.15) is 17.3 Å². The Hall–Kier alpha value is -2.78. The lowest BCUT2D eigenvalue weighted by molar-refractivity contribution is -0.114. The van der Waals surface area contributed by atoms with Gasteiger partial charge in [0.15, 0.2) is 0 Å². The SMILES string of the molecule is CCOC(=O)c1cc(NC(=O)CN(c2cccc(Cl)c2)S(=O)(=O)c2ccc(Cl)cc2)ccc1Cl. The van der Waals surface area contributed by atoms with E-state index in [-0.39, 0.29) is 33.5 Å². The zero-order valence-electron chi connectivity index (χ0n) is 17.8. The van der Waals surface area contributed by atoms with Crippen molar-refractivity contribution in [1.29, 1.82) is 0 Å². The lowest BCUT2D eigenvalue weighted by Gasteiger charge is -2.24. The van der Waals surface area contributed by atoms with Gasteiger partial charge in [-0.25, -0.2) is 13.2 Å². The van der Waals surface area contributed by atoms with Crippen molar-refractivity contribution in [2.24, 2.45) is 0 Å². The topological polar surface area (TPSA) is 92.8 Å². The highest BCUT2D eigenvalue weighted by Gasteiger charge is 2.27. The smallest absolute Gasteiger partial charge is 0.339 e. The third kappa shape index (κ3) is 6.21. The van der Waals surface area contributed by atoms with Crippen molar-refractivity contribution in [1.82, 2.24) is 0 Å². The molecule has 178 valence electrons. The fourth-order valence-corrected chi connectivity index (χ4v) is 4.90. The van der Waals surface area contributed by atoms with E-state index in [0.29, 0.717) is 10.0 Å². The zero-order valence-corrected chi connectivity index (χ0v) is 20.9. The van der Waals surface area contributed by atoms with E-state index in [9.17, 15) is 18.0 Å². The van der Waals surface area contributed by atoms with Gasteiger partial charge in [-0.1, -0.05) is 40.9 Å². The summed E-state index contributed by atoms with van der Waals surface area (Å²) in [4.78, 5) is 24.9. The number of esters is 1. The summed E-state index contributed by atoms with van der Waals surface area (Å²) < 4.78 is 32.7. The van der Waals surface area contributed by atoms with E-state index in [1.54, 1.807) is 19.1 Å². The average Bonchev–Trinajstić information content (AvgIpc) is 2.79. The van der Waals surface area contributed by atoms with Crippen molar-refractivity contribution in [3.05, 3.63) is 87.4 Å². The second-order valence-electron chi connectivity index (χ2n) is 6.91. The van der Waals surface area contributed by atoms with E-state index in [2.05, 4.69) is 5.32 Å². The minimum absolute atomic E-state index is 0.0548. The predicted octanol–water partition coefficient (Wildman–Crippen LogP) is 5.66. The molecule has 7 nitrogen and oxygen atoms in total. The van der Waals surface area contributed by atoms with E-state index in [4.69, 9.17) is 39.5 Å². The van der Waals surface area contributed by atoms with Crippen molar-refractivity contribution in [2.75, 3.05) is 22.8 Å². The average molecular weight is 542 g/mol. The van der Waals surface area contributed by atoms with Crippen LogP contribution in [0, 0.1) is 0 Å². The number of hydrogen-bond acceptors (Lipinski definition) is 5. The second kappa shape index (κ2) is 11.1. The molecule has 0 aliphatic rings. The van der Waals surface area contributed by atoms with Crippen molar-refractivity contribution < 1.29 is 22.7 Å². The first-order valence-corrected chi connectivity index (χ1v) is 12.5. The molecule has 0 aliphatic heterocycles. The van der Waals surface area contributed by atoms with Crippen LogP contribution in [0.3, 0.4) is 0 Å². The summed E-state index contributed by atoms with van der Waals surface area (Å²) in [6.45, 7) is 1.24. The maximum Gasteiger partial charge on any atom is 0.339 e. The van der Waals surface area contributed by atoms with Crippen molar-refractivity contribution in [3.8, 4) is 0 Å².